The molecule has 134 valence electrons. The molecule has 0 spiro atoms. The fourth-order valence-corrected chi connectivity index (χ4v) is 2.22. The molecule has 1 aromatic carbocycles. The van der Waals surface area contributed by atoms with E-state index in [2.05, 4.69) is 15.6 Å². The maximum Gasteiger partial charge on any atom is 0.416 e. The van der Waals surface area contributed by atoms with Crippen molar-refractivity contribution in [3.8, 4) is 0 Å². The van der Waals surface area contributed by atoms with E-state index < -0.39 is 11.7 Å². The summed E-state index contributed by atoms with van der Waals surface area (Å²) in [6, 6.07) is 5.95. The third-order valence-corrected chi connectivity index (χ3v) is 3.72. The number of benzene rings is 1. The van der Waals surface area contributed by atoms with Crippen LogP contribution in [0, 0.1) is 0 Å². The number of nitrogens with zero attached hydrogens (tertiary/aromatic N) is 1. The number of hydrogen-bond acceptors (Lipinski definition) is 3. The number of rotatable bonds is 6. The fourth-order valence-electron chi connectivity index (χ4n) is 2.06. The second kappa shape index (κ2) is 8.20. The highest BCUT2D eigenvalue weighted by atomic mass is 35.5. The zero-order valence-electron chi connectivity index (χ0n) is 13.5. The lowest BCUT2D eigenvalue weighted by Gasteiger charge is -2.12. The number of alkyl halides is 3. The third-order valence-electron chi connectivity index (χ3n) is 3.39. The van der Waals surface area contributed by atoms with Gasteiger partial charge in [0.05, 0.1) is 16.3 Å². The lowest BCUT2D eigenvalue weighted by atomic mass is 10.2. The minimum atomic E-state index is -4.48. The smallest absolute Gasteiger partial charge is 0.352 e. The maximum absolute atomic E-state index is 12.8. The molecule has 0 unspecified atom stereocenters. The summed E-state index contributed by atoms with van der Waals surface area (Å²) in [6.45, 7) is 2.57. The van der Waals surface area contributed by atoms with Gasteiger partial charge in [0.2, 0.25) is 0 Å². The van der Waals surface area contributed by atoms with Gasteiger partial charge in [-0.15, -0.1) is 0 Å². The van der Waals surface area contributed by atoms with Crippen molar-refractivity contribution in [2.24, 2.45) is 0 Å². The van der Waals surface area contributed by atoms with Crippen LogP contribution < -0.4 is 10.6 Å². The summed E-state index contributed by atoms with van der Waals surface area (Å²) in [7, 11) is 0. The largest absolute Gasteiger partial charge is 0.416 e. The Labute approximate surface area is 148 Å². The minimum absolute atomic E-state index is 0.0625. The van der Waals surface area contributed by atoms with Gasteiger partial charge in [0.15, 0.2) is 0 Å². The molecule has 0 atom stereocenters. The Kier molecular flexibility index (Phi) is 6.25. The molecule has 25 heavy (non-hydrogen) atoms. The first-order valence-electron chi connectivity index (χ1n) is 7.69. The van der Waals surface area contributed by atoms with Gasteiger partial charge in [0.25, 0.3) is 5.91 Å². The quantitative estimate of drug-likeness (QED) is 0.700. The molecule has 2 rings (SSSR count). The van der Waals surface area contributed by atoms with Gasteiger partial charge >= 0.3 is 6.18 Å². The first kappa shape index (κ1) is 19.1. The zero-order chi connectivity index (χ0) is 18.4. The zero-order valence-corrected chi connectivity index (χ0v) is 14.2. The third kappa shape index (κ3) is 5.35. The molecular formula is C17H17ClF3N3O. The molecule has 0 bridgehead atoms. The van der Waals surface area contributed by atoms with Crippen molar-refractivity contribution in [2.45, 2.75) is 25.9 Å². The second-order valence-corrected chi connectivity index (χ2v) is 5.76. The first-order valence-corrected chi connectivity index (χ1v) is 8.07. The van der Waals surface area contributed by atoms with Crippen LogP contribution >= 0.6 is 11.6 Å². The Morgan fingerprint density at radius 1 is 1.24 bits per heavy atom. The van der Waals surface area contributed by atoms with E-state index in [0.717, 1.165) is 31.0 Å². The molecule has 1 aromatic heterocycles. The molecule has 2 N–H and O–H groups in total. The normalized spacial score (nSPS) is 11.2. The number of halogens is 4. The number of pyridine rings is 1. The summed E-state index contributed by atoms with van der Waals surface area (Å²) >= 11 is 5.95. The Balaban J connectivity index is 2.18. The number of unbranched alkanes of at least 4 members (excludes halogenated alkanes) is 1. The number of aromatic nitrogens is 1. The van der Waals surface area contributed by atoms with Crippen molar-refractivity contribution in [2.75, 3.05) is 11.9 Å². The minimum Gasteiger partial charge on any atom is -0.352 e. The number of anilines is 2. The molecule has 0 radical (unpaired) electrons. The van der Waals surface area contributed by atoms with E-state index in [9.17, 15) is 18.0 Å². The molecule has 0 aliphatic carbocycles. The van der Waals surface area contributed by atoms with Gasteiger partial charge in [-0.05, 0) is 36.8 Å². The lowest BCUT2D eigenvalue weighted by Crippen LogP contribution is -2.24. The van der Waals surface area contributed by atoms with Gasteiger partial charge in [-0.2, -0.15) is 13.2 Å². The van der Waals surface area contributed by atoms with Gasteiger partial charge < -0.3 is 10.6 Å². The van der Waals surface area contributed by atoms with E-state index in [1.165, 1.54) is 18.3 Å². The fraction of sp³-hybridized carbons (Fsp3) is 0.294. The van der Waals surface area contributed by atoms with Crippen LogP contribution in [0.5, 0.6) is 0 Å². The molecule has 0 fully saturated rings. The van der Waals surface area contributed by atoms with Crippen LogP contribution in [0.4, 0.5) is 24.7 Å². The number of carbonyl (C=O) groups is 1. The summed E-state index contributed by atoms with van der Waals surface area (Å²) in [4.78, 5) is 16.1. The second-order valence-electron chi connectivity index (χ2n) is 5.36. The highest BCUT2D eigenvalue weighted by molar-refractivity contribution is 6.33. The molecule has 1 heterocycles. The van der Waals surface area contributed by atoms with Gasteiger partial charge in [-0.1, -0.05) is 24.9 Å². The molecule has 2 aromatic rings. The summed E-state index contributed by atoms with van der Waals surface area (Å²) < 4.78 is 38.4. The van der Waals surface area contributed by atoms with Gasteiger partial charge in [-0.25, -0.2) is 4.98 Å². The highest BCUT2D eigenvalue weighted by Crippen LogP contribution is 2.34. The van der Waals surface area contributed by atoms with Crippen LogP contribution in [0.1, 0.15) is 35.7 Å². The average Bonchev–Trinajstić information content (AvgIpc) is 2.56. The van der Waals surface area contributed by atoms with Crippen molar-refractivity contribution in [3.63, 3.8) is 0 Å². The summed E-state index contributed by atoms with van der Waals surface area (Å²) in [5, 5.41) is 5.60. The summed E-state index contributed by atoms with van der Waals surface area (Å²) in [5.74, 6) is -0.0431. The van der Waals surface area contributed by atoms with Crippen LogP contribution in [-0.4, -0.2) is 17.4 Å². The molecule has 0 aliphatic rings. The monoisotopic (exact) mass is 371 g/mol. The molecular weight excluding hydrogens is 355 g/mol. The van der Waals surface area contributed by atoms with E-state index in [1.54, 1.807) is 0 Å². The highest BCUT2D eigenvalue weighted by Gasteiger charge is 2.31. The van der Waals surface area contributed by atoms with Gasteiger partial charge in [-0.3, -0.25) is 4.79 Å². The van der Waals surface area contributed by atoms with Gasteiger partial charge in [0, 0.05) is 18.3 Å². The summed E-state index contributed by atoms with van der Waals surface area (Å²) in [6.07, 6.45) is -1.26. The molecule has 0 saturated carbocycles. The predicted molar refractivity (Wildman–Crippen MR) is 91.2 cm³/mol. The molecule has 1 amide bonds. The van der Waals surface area contributed by atoms with Crippen LogP contribution in [-0.2, 0) is 6.18 Å². The predicted octanol–water partition coefficient (Wildman–Crippen LogP) is 5.03. The van der Waals surface area contributed by atoms with E-state index in [0.29, 0.717) is 12.1 Å². The van der Waals surface area contributed by atoms with Crippen molar-refractivity contribution in [3.05, 3.63) is 52.7 Å². The molecule has 0 aliphatic heterocycles. The SMILES string of the molecule is CCCCNC(=O)c1ccnc(Nc2cc(C(F)(F)F)ccc2Cl)c1. The van der Waals surface area contributed by atoms with Crippen LogP contribution in [0.2, 0.25) is 5.02 Å². The van der Waals surface area contributed by atoms with Crippen molar-refractivity contribution < 1.29 is 18.0 Å². The average molecular weight is 372 g/mol. The Morgan fingerprint density at radius 2 is 2.00 bits per heavy atom. The standard InChI is InChI=1S/C17H17ClF3N3O/c1-2-3-7-23-16(25)11-6-8-22-15(9-11)24-14-10-12(17(19,20)21)4-5-13(14)18/h4-6,8-10H,2-3,7H2,1H3,(H,22,24)(H,23,25). The number of carbonyl (C=O) groups excluding carboxylic acids is 1. The summed E-state index contributed by atoms with van der Waals surface area (Å²) in [5.41, 5.74) is -0.405. The molecule has 0 saturated heterocycles. The Hall–Kier alpha value is -2.28. The Morgan fingerprint density at radius 3 is 2.68 bits per heavy atom. The van der Waals surface area contributed by atoms with Crippen molar-refractivity contribution in [1.82, 2.24) is 10.3 Å². The first-order chi connectivity index (χ1) is 11.8. The molecule has 4 nitrogen and oxygen atoms in total. The Bertz CT molecular complexity index is 750. The van der Waals surface area contributed by atoms with Crippen molar-refractivity contribution >= 4 is 29.0 Å². The van der Waals surface area contributed by atoms with Crippen molar-refractivity contribution in [1.29, 1.82) is 0 Å². The van der Waals surface area contributed by atoms with Crippen LogP contribution in [0.3, 0.4) is 0 Å². The van der Waals surface area contributed by atoms with E-state index in [4.69, 9.17) is 11.6 Å². The van der Waals surface area contributed by atoms with E-state index >= 15 is 0 Å². The maximum atomic E-state index is 12.8. The number of nitrogens with one attached hydrogen (secondary N) is 2. The molecule has 8 heteroatoms. The lowest BCUT2D eigenvalue weighted by molar-refractivity contribution is -0.137. The topological polar surface area (TPSA) is 54.0 Å². The van der Waals surface area contributed by atoms with E-state index in [1.807, 2.05) is 6.92 Å². The van der Waals surface area contributed by atoms with Crippen LogP contribution in [0.25, 0.3) is 0 Å². The number of amides is 1. The van der Waals surface area contributed by atoms with Gasteiger partial charge in [0.1, 0.15) is 5.82 Å². The van der Waals surface area contributed by atoms with E-state index in [-0.39, 0.29) is 22.4 Å². The van der Waals surface area contributed by atoms with Crippen LogP contribution in [0.15, 0.2) is 36.5 Å². The number of hydrogen-bond donors (Lipinski definition) is 2.